The second kappa shape index (κ2) is 4.77. The number of rotatable bonds is 2. The Kier molecular flexibility index (Phi) is 3.28. The maximum Gasteiger partial charge on any atom is 0.332 e. The van der Waals surface area contributed by atoms with E-state index in [-0.39, 0.29) is 28.8 Å². The Labute approximate surface area is 113 Å². The van der Waals surface area contributed by atoms with Gasteiger partial charge >= 0.3 is 5.69 Å². The van der Waals surface area contributed by atoms with Gasteiger partial charge in [-0.15, -0.1) is 0 Å². The SMILES string of the molecule is CC(C)Oc1nc2c(nc1C#N)c(=O)n(C)c(=O)n2C. The Bertz CT molecular complexity index is 841. The fourth-order valence-electron chi connectivity index (χ4n) is 1.73. The summed E-state index contributed by atoms with van der Waals surface area (Å²) < 4.78 is 7.50. The second-order valence-electron chi connectivity index (χ2n) is 4.53. The maximum atomic E-state index is 12.0. The van der Waals surface area contributed by atoms with Gasteiger partial charge in [-0.25, -0.2) is 9.78 Å². The molecule has 0 aromatic carbocycles. The van der Waals surface area contributed by atoms with Crippen molar-refractivity contribution in [3.8, 4) is 11.9 Å². The molecule has 2 aromatic rings. The summed E-state index contributed by atoms with van der Waals surface area (Å²) in [6.07, 6.45) is -0.211. The van der Waals surface area contributed by atoms with Gasteiger partial charge in [0, 0.05) is 14.1 Å². The number of aromatic nitrogens is 4. The quantitative estimate of drug-likeness (QED) is 0.744. The van der Waals surface area contributed by atoms with E-state index in [0.717, 1.165) is 4.57 Å². The molecular formula is C12H13N5O3. The lowest BCUT2D eigenvalue weighted by Crippen LogP contribution is -2.38. The lowest BCUT2D eigenvalue weighted by molar-refractivity contribution is 0.231. The van der Waals surface area contributed by atoms with Crippen LogP contribution in [0.3, 0.4) is 0 Å². The lowest BCUT2D eigenvalue weighted by Gasteiger charge is -2.11. The Balaban J connectivity index is 2.93. The zero-order valence-corrected chi connectivity index (χ0v) is 11.5. The molecule has 0 amide bonds. The van der Waals surface area contributed by atoms with Crippen LogP contribution in [0.1, 0.15) is 19.5 Å². The predicted octanol–water partition coefficient (Wildman–Crippen LogP) is -0.314. The minimum atomic E-state index is -0.594. The number of nitriles is 1. The van der Waals surface area contributed by atoms with E-state index in [1.54, 1.807) is 13.8 Å². The molecule has 0 bridgehead atoms. The van der Waals surface area contributed by atoms with Gasteiger partial charge in [0.25, 0.3) is 11.4 Å². The molecule has 8 heteroatoms. The van der Waals surface area contributed by atoms with Crippen molar-refractivity contribution in [3.63, 3.8) is 0 Å². The molecule has 0 fully saturated rings. The third-order valence-electron chi connectivity index (χ3n) is 2.70. The summed E-state index contributed by atoms with van der Waals surface area (Å²) in [5, 5.41) is 9.07. The Morgan fingerprint density at radius 3 is 2.40 bits per heavy atom. The summed E-state index contributed by atoms with van der Waals surface area (Å²) in [4.78, 5) is 31.9. The molecular weight excluding hydrogens is 262 g/mol. The van der Waals surface area contributed by atoms with E-state index in [1.807, 2.05) is 6.07 Å². The van der Waals surface area contributed by atoms with Crippen LogP contribution < -0.4 is 16.0 Å². The van der Waals surface area contributed by atoms with E-state index in [2.05, 4.69) is 9.97 Å². The highest BCUT2D eigenvalue weighted by Crippen LogP contribution is 2.16. The van der Waals surface area contributed by atoms with Crippen molar-refractivity contribution < 1.29 is 4.74 Å². The second-order valence-corrected chi connectivity index (χ2v) is 4.53. The van der Waals surface area contributed by atoms with Crippen LogP contribution in [0.15, 0.2) is 9.59 Å². The molecule has 2 heterocycles. The Morgan fingerprint density at radius 2 is 1.85 bits per heavy atom. The van der Waals surface area contributed by atoms with Gasteiger partial charge in [-0.3, -0.25) is 13.9 Å². The van der Waals surface area contributed by atoms with Crippen LogP contribution in [0.25, 0.3) is 11.2 Å². The molecule has 0 radical (unpaired) electrons. The zero-order valence-electron chi connectivity index (χ0n) is 11.5. The number of fused-ring (bicyclic) bond motifs is 1. The van der Waals surface area contributed by atoms with Gasteiger partial charge in [-0.2, -0.15) is 10.2 Å². The van der Waals surface area contributed by atoms with Crippen LogP contribution >= 0.6 is 0 Å². The van der Waals surface area contributed by atoms with Gasteiger partial charge in [0.1, 0.15) is 6.07 Å². The Morgan fingerprint density at radius 1 is 1.20 bits per heavy atom. The van der Waals surface area contributed by atoms with Crippen LogP contribution in [0, 0.1) is 11.3 Å². The topological polar surface area (TPSA) is 103 Å². The summed E-state index contributed by atoms with van der Waals surface area (Å²) in [5.41, 5.74) is -1.14. The van der Waals surface area contributed by atoms with Crippen molar-refractivity contribution in [2.75, 3.05) is 0 Å². The van der Waals surface area contributed by atoms with Gasteiger partial charge in [-0.05, 0) is 13.8 Å². The summed E-state index contributed by atoms with van der Waals surface area (Å²) >= 11 is 0. The molecule has 20 heavy (non-hydrogen) atoms. The normalized spacial score (nSPS) is 10.8. The minimum absolute atomic E-state index is 0.0123. The molecule has 2 aromatic heterocycles. The number of ether oxygens (including phenoxy) is 1. The van der Waals surface area contributed by atoms with E-state index < -0.39 is 11.2 Å². The van der Waals surface area contributed by atoms with Crippen molar-refractivity contribution >= 4 is 11.2 Å². The number of hydrogen-bond acceptors (Lipinski definition) is 6. The smallest absolute Gasteiger partial charge is 0.332 e. The molecule has 0 aliphatic heterocycles. The van der Waals surface area contributed by atoms with Crippen molar-refractivity contribution in [2.24, 2.45) is 14.1 Å². The minimum Gasteiger partial charge on any atom is -0.473 e. The molecule has 0 N–H and O–H groups in total. The van der Waals surface area contributed by atoms with Crippen molar-refractivity contribution in [2.45, 2.75) is 20.0 Å². The third-order valence-corrected chi connectivity index (χ3v) is 2.70. The van der Waals surface area contributed by atoms with Gasteiger partial charge < -0.3 is 4.74 Å². The van der Waals surface area contributed by atoms with Crippen LogP contribution in [-0.4, -0.2) is 25.2 Å². The highest BCUT2D eigenvalue weighted by Gasteiger charge is 2.17. The van der Waals surface area contributed by atoms with Gasteiger partial charge in [0.2, 0.25) is 5.69 Å². The van der Waals surface area contributed by atoms with Crippen molar-refractivity contribution in [1.29, 1.82) is 5.26 Å². The molecule has 0 atom stereocenters. The molecule has 0 spiro atoms. The molecule has 0 saturated heterocycles. The lowest BCUT2D eigenvalue weighted by atomic mass is 10.4. The summed E-state index contributed by atoms with van der Waals surface area (Å²) in [6, 6.07) is 1.84. The summed E-state index contributed by atoms with van der Waals surface area (Å²) in [6.45, 7) is 3.55. The summed E-state index contributed by atoms with van der Waals surface area (Å²) in [5.74, 6) is 0.0123. The van der Waals surface area contributed by atoms with Crippen molar-refractivity contribution in [3.05, 3.63) is 26.5 Å². The highest BCUT2D eigenvalue weighted by molar-refractivity contribution is 5.70. The monoisotopic (exact) mass is 275 g/mol. The van der Waals surface area contributed by atoms with Crippen LogP contribution in [-0.2, 0) is 14.1 Å². The Hall–Kier alpha value is -2.69. The number of nitrogens with zero attached hydrogens (tertiary/aromatic N) is 5. The summed E-state index contributed by atoms with van der Waals surface area (Å²) in [7, 11) is 2.82. The zero-order chi connectivity index (χ0) is 15.0. The van der Waals surface area contributed by atoms with E-state index in [4.69, 9.17) is 10.00 Å². The largest absolute Gasteiger partial charge is 0.473 e. The van der Waals surface area contributed by atoms with Crippen molar-refractivity contribution in [1.82, 2.24) is 19.1 Å². The first-order chi connectivity index (χ1) is 9.36. The first-order valence-electron chi connectivity index (χ1n) is 5.91. The van der Waals surface area contributed by atoms with Gasteiger partial charge in [0.05, 0.1) is 6.10 Å². The average molecular weight is 275 g/mol. The third kappa shape index (κ3) is 2.03. The van der Waals surface area contributed by atoms with Gasteiger partial charge in [0.15, 0.2) is 11.2 Å². The molecule has 0 aliphatic carbocycles. The van der Waals surface area contributed by atoms with Crippen LogP contribution in [0.4, 0.5) is 0 Å². The average Bonchev–Trinajstić information content (AvgIpc) is 2.41. The number of aryl methyl sites for hydroxylation is 1. The molecule has 2 rings (SSSR count). The first kappa shape index (κ1) is 13.7. The van der Waals surface area contributed by atoms with E-state index in [0.29, 0.717) is 0 Å². The van der Waals surface area contributed by atoms with E-state index in [9.17, 15) is 9.59 Å². The molecule has 8 nitrogen and oxygen atoms in total. The maximum absolute atomic E-state index is 12.0. The molecule has 104 valence electrons. The van der Waals surface area contributed by atoms with E-state index >= 15 is 0 Å². The fraction of sp³-hybridized carbons (Fsp3) is 0.417. The molecule has 0 unspecified atom stereocenters. The van der Waals surface area contributed by atoms with Crippen LogP contribution in [0.5, 0.6) is 5.88 Å². The predicted molar refractivity (Wildman–Crippen MR) is 70.5 cm³/mol. The standard InChI is InChI=1S/C12H13N5O3/c1-6(2)20-10-7(5-13)14-8-9(15-10)16(3)12(19)17(4)11(8)18/h6H,1-4H3. The van der Waals surface area contributed by atoms with E-state index in [1.165, 1.54) is 18.7 Å². The van der Waals surface area contributed by atoms with Crippen LogP contribution in [0.2, 0.25) is 0 Å². The fourth-order valence-corrected chi connectivity index (χ4v) is 1.73. The molecule has 0 saturated carbocycles. The molecule has 0 aliphatic rings. The number of hydrogen-bond donors (Lipinski definition) is 0. The first-order valence-corrected chi connectivity index (χ1v) is 5.91. The highest BCUT2D eigenvalue weighted by atomic mass is 16.5. The van der Waals surface area contributed by atoms with Gasteiger partial charge in [-0.1, -0.05) is 0 Å².